The van der Waals surface area contributed by atoms with Crippen molar-refractivity contribution in [2.24, 2.45) is 23.2 Å². The van der Waals surface area contributed by atoms with Gasteiger partial charge in [0, 0.05) is 12.5 Å². The number of thiocarbonyl (C=S) groups is 1. The van der Waals surface area contributed by atoms with Crippen molar-refractivity contribution in [1.29, 1.82) is 0 Å². The van der Waals surface area contributed by atoms with E-state index < -0.39 is 0 Å². The van der Waals surface area contributed by atoms with E-state index in [1.165, 1.54) is 49.9 Å². The molecule has 84 valence electrons. The Bertz CT molecular complexity index is 270. The average Bonchev–Trinajstić information content (AvgIpc) is 2.44. The molecular weight excluding hydrogens is 202 g/mol. The van der Waals surface area contributed by atoms with E-state index in [0.29, 0.717) is 5.41 Å². The topological polar surface area (TPSA) is 12.0 Å². The maximum Gasteiger partial charge on any atom is 0.0813 e. The first kappa shape index (κ1) is 10.1. The number of hydrogen-bond acceptors (Lipinski definition) is 1. The summed E-state index contributed by atoms with van der Waals surface area (Å²) >= 11 is 5.60. The molecule has 4 aliphatic carbocycles. The summed E-state index contributed by atoms with van der Waals surface area (Å²) in [6, 6.07) is 0. The van der Waals surface area contributed by atoms with Crippen molar-refractivity contribution in [2.45, 2.75) is 44.9 Å². The highest BCUT2D eigenvalue weighted by atomic mass is 32.1. The number of fused-ring (bicyclic) bond motifs is 1. The fourth-order valence-corrected chi connectivity index (χ4v) is 4.98. The zero-order valence-corrected chi connectivity index (χ0v) is 10.4. The summed E-state index contributed by atoms with van der Waals surface area (Å²) in [6.07, 6.45) is 10.1. The van der Waals surface area contributed by atoms with Crippen LogP contribution in [0, 0.1) is 23.2 Å². The van der Waals surface area contributed by atoms with Gasteiger partial charge >= 0.3 is 0 Å². The first-order chi connectivity index (χ1) is 7.22. The molecular formula is C13H21NS. The molecule has 4 atom stereocenters. The van der Waals surface area contributed by atoms with Crippen LogP contribution in [-0.2, 0) is 0 Å². The average molecular weight is 223 g/mol. The Morgan fingerprint density at radius 1 is 1.07 bits per heavy atom. The lowest BCUT2D eigenvalue weighted by Gasteiger charge is -2.48. The zero-order chi connectivity index (χ0) is 10.5. The summed E-state index contributed by atoms with van der Waals surface area (Å²) in [7, 11) is 2.01. The molecule has 4 bridgehead atoms. The molecule has 0 aromatic heterocycles. The van der Waals surface area contributed by atoms with Crippen LogP contribution in [0.15, 0.2) is 0 Å². The van der Waals surface area contributed by atoms with Gasteiger partial charge in [-0.15, -0.1) is 0 Å². The lowest BCUT2D eigenvalue weighted by atomic mass is 9.58. The maximum absolute atomic E-state index is 5.60. The summed E-state index contributed by atoms with van der Waals surface area (Å²) in [5.74, 6) is 2.97. The lowest BCUT2D eigenvalue weighted by Crippen LogP contribution is -2.46. The standard InChI is InChI=1S/C13H21NS/c1-14-12(15)13-6-9-2-3-10(7-13)5-11(4-9)8-13/h9-11H,2-8H2,1H3,(H,14,15)/t9-,10+,11?,13?. The predicted molar refractivity (Wildman–Crippen MR) is 66.9 cm³/mol. The second-order valence-corrected chi connectivity index (χ2v) is 6.53. The molecule has 0 saturated heterocycles. The summed E-state index contributed by atoms with van der Waals surface area (Å²) < 4.78 is 0. The molecule has 1 nitrogen and oxygen atoms in total. The van der Waals surface area contributed by atoms with Gasteiger partial charge in [-0.05, 0) is 49.9 Å². The maximum atomic E-state index is 5.60. The number of hydrogen-bond donors (Lipinski definition) is 1. The fraction of sp³-hybridized carbons (Fsp3) is 0.923. The van der Waals surface area contributed by atoms with Crippen molar-refractivity contribution in [3.05, 3.63) is 0 Å². The second kappa shape index (κ2) is 3.44. The molecule has 2 unspecified atom stereocenters. The van der Waals surface area contributed by atoms with Crippen molar-refractivity contribution in [2.75, 3.05) is 7.05 Å². The molecule has 1 N–H and O–H groups in total. The van der Waals surface area contributed by atoms with Gasteiger partial charge < -0.3 is 5.32 Å². The Morgan fingerprint density at radius 3 is 2.13 bits per heavy atom. The molecule has 4 aliphatic rings. The summed E-state index contributed by atoms with van der Waals surface area (Å²) in [4.78, 5) is 1.17. The molecule has 15 heavy (non-hydrogen) atoms. The van der Waals surface area contributed by atoms with Crippen molar-refractivity contribution in [3.63, 3.8) is 0 Å². The third-order valence-electron chi connectivity index (χ3n) is 5.06. The van der Waals surface area contributed by atoms with Gasteiger partial charge in [0.05, 0.1) is 4.99 Å². The third-order valence-corrected chi connectivity index (χ3v) is 5.70. The minimum Gasteiger partial charge on any atom is -0.382 e. The lowest BCUT2D eigenvalue weighted by molar-refractivity contribution is 0.0900. The van der Waals surface area contributed by atoms with Gasteiger partial charge in [0.2, 0.25) is 0 Å². The molecule has 2 heteroatoms. The van der Waals surface area contributed by atoms with Crippen LogP contribution in [0.3, 0.4) is 0 Å². The van der Waals surface area contributed by atoms with Gasteiger partial charge in [-0.25, -0.2) is 0 Å². The van der Waals surface area contributed by atoms with Crippen LogP contribution >= 0.6 is 12.2 Å². The van der Waals surface area contributed by atoms with E-state index in [9.17, 15) is 0 Å². The normalized spacial score (nSPS) is 47.7. The van der Waals surface area contributed by atoms with E-state index in [0.717, 1.165) is 17.8 Å². The van der Waals surface area contributed by atoms with Gasteiger partial charge in [0.1, 0.15) is 0 Å². The van der Waals surface area contributed by atoms with Gasteiger partial charge in [-0.1, -0.05) is 25.1 Å². The molecule has 4 fully saturated rings. The number of rotatable bonds is 1. The Kier molecular flexibility index (Phi) is 2.31. The van der Waals surface area contributed by atoms with Crippen LogP contribution in [0.1, 0.15) is 44.9 Å². The highest BCUT2D eigenvalue weighted by Crippen LogP contribution is 2.57. The quantitative estimate of drug-likeness (QED) is 0.685. The molecule has 0 spiro atoms. The van der Waals surface area contributed by atoms with E-state index >= 15 is 0 Å². The molecule has 0 aliphatic heterocycles. The van der Waals surface area contributed by atoms with Crippen LogP contribution in [0.5, 0.6) is 0 Å². The van der Waals surface area contributed by atoms with Gasteiger partial charge in [-0.2, -0.15) is 0 Å². The Hall–Kier alpha value is -0.110. The zero-order valence-electron chi connectivity index (χ0n) is 9.59. The van der Waals surface area contributed by atoms with E-state index in [1.807, 2.05) is 7.05 Å². The van der Waals surface area contributed by atoms with Crippen molar-refractivity contribution < 1.29 is 0 Å². The highest BCUT2D eigenvalue weighted by Gasteiger charge is 2.50. The molecule has 4 saturated carbocycles. The second-order valence-electron chi connectivity index (χ2n) is 6.12. The van der Waals surface area contributed by atoms with Crippen molar-refractivity contribution >= 4 is 17.2 Å². The molecule has 0 aromatic rings. The van der Waals surface area contributed by atoms with Crippen LogP contribution in [0.4, 0.5) is 0 Å². The Labute approximate surface area is 98.0 Å². The highest BCUT2D eigenvalue weighted by molar-refractivity contribution is 7.80. The molecule has 0 aromatic carbocycles. The summed E-state index contributed by atoms with van der Waals surface area (Å²) in [5, 5.41) is 3.28. The first-order valence-corrected chi connectivity index (χ1v) is 6.85. The summed E-state index contributed by atoms with van der Waals surface area (Å²) in [6.45, 7) is 0. The minimum atomic E-state index is 0.414. The van der Waals surface area contributed by atoms with Crippen molar-refractivity contribution in [1.82, 2.24) is 5.32 Å². The largest absolute Gasteiger partial charge is 0.382 e. The van der Waals surface area contributed by atoms with Crippen LogP contribution in [-0.4, -0.2) is 12.0 Å². The molecule has 4 rings (SSSR count). The Morgan fingerprint density at radius 2 is 1.60 bits per heavy atom. The van der Waals surface area contributed by atoms with Gasteiger partial charge in [0.15, 0.2) is 0 Å². The fourth-order valence-electron chi connectivity index (χ4n) is 4.73. The molecule has 0 radical (unpaired) electrons. The van der Waals surface area contributed by atoms with Gasteiger partial charge in [0.25, 0.3) is 0 Å². The van der Waals surface area contributed by atoms with Crippen LogP contribution in [0.2, 0.25) is 0 Å². The van der Waals surface area contributed by atoms with E-state index in [2.05, 4.69) is 5.32 Å². The van der Waals surface area contributed by atoms with E-state index in [1.54, 1.807) is 0 Å². The predicted octanol–water partition coefficient (Wildman–Crippen LogP) is 3.14. The smallest absolute Gasteiger partial charge is 0.0813 e. The van der Waals surface area contributed by atoms with Crippen LogP contribution < -0.4 is 5.32 Å². The minimum absolute atomic E-state index is 0.414. The third kappa shape index (κ3) is 1.52. The van der Waals surface area contributed by atoms with E-state index in [-0.39, 0.29) is 0 Å². The molecule has 0 heterocycles. The Balaban J connectivity index is 1.93. The monoisotopic (exact) mass is 223 g/mol. The summed E-state index contributed by atoms with van der Waals surface area (Å²) in [5.41, 5.74) is 0.414. The van der Waals surface area contributed by atoms with Crippen LogP contribution in [0.25, 0.3) is 0 Å². The molecule has 0 amide bonds. The van der Waals surface area contributed by atoms with Gasteiger partial charge in [-0.3, -0.25) is 0 Å². The number of nitrogens with one attached hydrogen (secondary N) is 1. The first-order valence-electron chi connectivity index (χ1n) is 6.44. The van der Waals surface area contributed by atoms with E-state index in [4.69, 9.17) is 12.2 Å². The SMILES string of the molecule is CNC(=S)C12CC3C[C@@H](CC[C@@H](C3)C1)C2. The van der Waals surface area contributed by atoms with Crippen molar-refractivity contribution in [3.8, 4) is 0 Å².